The Hall–Kier alpha value is -1.91. The zero-order valence-corrected chi connectivity index (χ0v) is 11.2. The molecule has 0 saturated carbocycles. The van der Waals surface area contributed by atoms with Gasteiger partial charge in [-0.2, -0.15) is 0 Å². The molecule has 0 aromatic heterocycles. The van der Waals surface area contributed by atoms with E-state index in [4.69, 9.17) is 38.9 Å². The minimum atomic E-state index is -0.0562. The number of hydrogen-bond acceptors (Lipinski definition) is 3. The SMILES string of the molecule is NC(=NO)c1ccc(Oc2cccc(Cl)c2)cc1Cl. The summed E-state index contributed by atoms with van der Waals surface area (Å²) in [5, 5.41) is 12.4. The third-order valence-electron chi connectivity index (χ3n) is 2.36. The van der Waals surface area contributed by atoms with Gasteiger partial charge in [0.15, 0.2) is 5.84 Å². The lowest BCUT2D eigenvalue weighted by Crippen LogP contribution is -2.13. The second-order valence-electron chi connectivity index (χ2n) is 3.69. The van der Waals surface area contributed by atoms with Crippen molar-refractivity contribution in [3.8, 4) is 11.5 Å². The smallest absolute Gasteiger partial charge is 0.171 e. The number of amidine groups is 1. The van der Waals surface area contributed by atoms with Gasteiger partial charge in [-0.15, -0.1) is 0 Å². The number of ether oxygens (including phenoxy) is 1. The minimum absolute atomic E-state index is 0.0562. The Morgan fingerprint density at radius 1 is 1.11 bits per heavy atom. The van der Waals surface area contributed by atoms with Crippen LogP contribution in [0.3, 0.4) is 0 Å². The van der Waals surface area contributed by atoms with E-state index in [1.165, 1.54) is 0 Å². The summed E-state index contributed by atoms with van der Waals surface area (Å²) in [6.07, 6.45) is 0. The van der Waals surface area contributed by atoms with Crippen molar-refractivity contribution < 1.29 is 9.94 Å². The van der Waals surface area contributed by atoms with Crippen molar-refractivity contribution in [1.29, 1.82) is 0 Å². The highest BCUT2D eigenvalue weighted by Crippen LogP contribution is 2.28. The number of nitrogens with zero attached hydrogens (tertiary/aromatic N) is 1. The summed E-state index contributed by atoms with van der Waals surface area (Å²) in [5.41, 5.74) is 5.91. The van der Waals surface area contributed by atoms with E-state index in [2.05, 4.69) is 5.16 Å². The molecule has 2 rings (SSSR count). The standard InChI is InChI=1S/C13H10Cl2N2O2/c14-8-2-1-3-9(6-8)19-10-4-5-11(12(15)7-10)13(16)17-18/h1-7,18H,(H2,16,17). The molecule has 19 heavy (non-hydrogen) atoms. The summed E-state index contributed by atoms with van der Waals surface area (Å²) in [6.45, 7) is 0. The summed E-state index contributed by atoms with van der Waals surface area (Å²) < 4.78 is 5.60. The average Bonchev–Trinajstić information content (AvgIpc) is 2.38. The molecular formula is C13H10Cl2N2O2. The molecule has 0 fully saturated rings. The molecular weight excluding hydrogens is 287 g/mol. The van der Waals surface area contributed by atoms with Crippen molar-refractivity contribution in [1.82, 2.24) is 0 Å². The van der Waals surface area contributed by atoms with E-state index in [1.807, 2.05) is 0 Å². The van der Waals surface area contributed by atoms with Crippen LogP contribution in [0.1, 0.15) is 5.56 Å². The van der Waals surface area contributed by atoms with E-state index in [9.17, 15) is 0 Å². The monoisotopic (exact) mass is 296 g/mol. The summed E-state index contributed by atoms with van der Waals surface area (Å²) in [7, 11) is 0. The molecule has 0 radical (unpaired) electrons. The van der Waals surface area contributed by atoms with Crippen molar-refractivity contribution in [3.05, 3.63) is 58.1 Å². The number of nitrogens with two attached hydrogens (primary N) is 1. The van der Waals surface area contributed by atoms with Crippen molar-refractivity contribution in [2.24, 2.45) is 10.9 Å². The van der Waals surface area contributed by atoms with Crippen LogP contribution in [-0.4, -0.2) is 11.0 Å². The van der Waals surface area contributed by atoms with Gasteiger partial charge in [0.25, 0.3) is 0 Å². The van der Waals surface area contributed by atoms with Crippen LogP contribution in [0.5, 0.6) is 11.5 Å². The molecule has 0 saturated heterocycles. The Kier molecular flexibility index (Phi) is 4.14. The highest BCUT2D eigenvalue weighted by atomic mass is 35.5. The van der Waals surface area contributed by atoms with Gasteiger partial charge in [-0.3, -0.25) is 0 Å². The minimum Gasteiger partial charge on any atom is -0.457 e. The topological polar surface area (TPSA) is 67.8 Å². The van der Waals surface area contributed by atoms with Gasteiger partial charge in [0.1, 0.15) is 11.5 Å². The Morgan fingerprint density at radius 2 is 1.84 bits per heavy atom. The second kappa shape index (κ2) is 5.82. The molecule has 0 aliphatic heterocycles. The third-order valence-corrected chi connectivity index (χ3v) is 2.90. The largest absolute Gasteiger partial charge is 0.457 e. The summed E-state index contributed by atoms with van der Waals surface area (Å²) in [5.74, 6) is 1.07. The van der Waals surface area contributed by atoms with Gasteiger partial charge in [-0.05, 0) is 30.3 Å². The summed E-state index contributed by atoms with van der Waals surface area (Å²) in [4.78, 5) is 0. The molecule has 2 aromatic rings. The van der Waals surface area contributed by atoms with Gasteiger partial charge in [0.05, 0.1) is 5.02 Å². The highest BCUT2D eigenvalue weighted by Gasteiger charge is 2.07. The van der Waals surface area contributed by atoms with Gasteiger partial charge in [0.2, 0.25) is 0 Å². The lowest BCUT2D eigenvalue weighted by Gasteiger charge is -2.08. The first-order valence-corrected chi connectivity index (χ1v) is 6.06. The van der Waals surface area contributed by atoms with Crippen LogP contribution in [0.15, 0.2) is 47.6 Å². The van der Waals surface area contributed by atoms with E-state index in [1.54, 1.807) is 42.5 Å². The van der Waals surface area contributed by atoms with Crippen LogP contribution in [0.2, 0.25) is 10.0 Å². The van der Waals surface area contributed by atoms with Crippen molar-refractivity contribution in [3.63, 3.8) is 0 Å². The number of hydrogen-bond donors (Lipinski definition) is 2. The number of oxime groups is 1. The first-order valence-electron chi connectivity index (χ1n) is 5.31. The van der Waals surface area contributed by atoms with Gasteiger partial charge in [0, 0.05) is 16.7 Å². The summed E-state index contributed by atoms with van der Waals surface area (Å²) >= 11 is 11.9. The fourth-order valence-corrected chi connectivity index (χ4v) is 1.94. The summed E-state index contributed by atoms with van der Waals surface area (Å²) in [6, 6.07) is 11.9. The molecule has 2 aromatic carbocycles. The van der Waals surface area contributed by atoms with E-state index < -0.39 is 0 Å². The van der Waals surface area contributed by atoms with Crippen molar-refractivity contribution >= 4 is 29.0 Å². The highest BCUT2D eigenvalue weighted by molar-refractivity contribution is 6.34. The van der Waals surface area contributed by atoms with Crippen LogP contribution in [0.4, 0.5) is 0 Å². The predicted octanol–water partition coefficient (Wildman–Crippen LogP) is 3.88. The van der Waals surface area contributed by atoms with Crippen LogP contribution in [0.25, 0.3) is 0 Å². The Bertz CT molecular complexity index is 630. The van der Waals surface area contributed by atoms with E-state index in [-0.39, 0.29) is 5.84 Å². The van der Waals surface area contributed by atoms with E-state index in [0.29, 0.717) is 27.1 Å². The molecule has 0 unspecified atom stereocenters. The molecule has 0 aliphatic carbocycles. The first-order chi connectivity index (χ1) is 9.10. The molecule has 0 heterocycles. The fourth-order valence-electron chi connectivity index (χ4n) is 1.49. The zero-order valence-electron chi connectivity index (χ0n) is 9.68. The molecule has 98 valence electrons. The van der Waals surface area contributed by atoms with Crippen LogP contribution in [-0.2, 0) is 0 Å². The molecule has 0 spiro atoms. The van der Waals surface area contributed by atoms with Gasteiger partial charge >= 0.3 is 0 Å². The van der Waals surface area contributed by atoms with E-state index >= 15 is 0 Å². The molecule has 0 aliphatic rings. The normalized spacial score (nSPS) is 11.4. The lowest BCUT2D eigenvalue weighted by atomic mass is 10.2. The van der Waals surface area contributed by atoms with Crippen LogP contribution < -0.4 is 10.5 Å². The van der Waals surface area contributed by atoms with Gasteiger partial charge in [-0.1, -0.05) is 34.4 Å². The predicted molar refractivity (Wildman–Crippen MR) is 75.5 cm³/mol. The average molecular weight is 297 g/mol. The van der Waals surface area contributed by atoms with Crippen LogP contribution in [0, 0.1) is 0 Å². The Morgan fingerprint density at radius 3 is 2.47 bits per heavy atom. The van der Waals surface area contributed by atoms with Crippen molar-refractivity contribution in [2.75, 3.05) is 0 Å². The quantitative estimate of drug-likeness (QED) is 0.391. The first kappa shape index (κ1) is 13.5. The third kappa shape index (κ3) is 3.30. The Balaban J connectivity index is 2.26. The lowest BCUT2D eigenvalue weighted by molar-refractivity contribution is 0.318. The molecule has 0 bridgehead atoms. The van der Waals surface area contributed by atoms with Crippen LogP contribution >= 0.6 is 23.2 Å². The maximum atomic E-state index is 8.61. The van der Waals surface area contributed by atoms with E-state index in [0.717, 1.165) is 0 Å². The Labute approximate surface area is 120 Å². The maximum absolute atomic E-state index is 8.61. The number of benzene rings is 2. The molecule has 0 amide bonds. The fraction of sp³-hybridized carbons (Fsp3) is 0. The van der Waals surface area contributed by atoms with Gasteiger partial charge < -0.3 is 15.7 Å². The number of rotatable bonds is 3. The van der Waals surface area contributed by atoms with Gasteiger partial charge in [-0.25, -0.2) is 0 Å². The second-order valence-corrected chi connectivity index (χ2v) is 4.53. The maximum Gasteiger partial charge on any atom is 0.171 e. The number of halogens is 2. The zero-order chi connectivity index (χ0) is 13.8. The van der Waals surface area contributed by atoms with Crippen molar-refractivity contribution in [2.45, 2.75) is 0 Å². The molecule has 4 nitrogen and oxygen atoms in total. The molecule has 6 heteroatoms. The molecule has 0 atom stereocenters. The molecule has 3 N–H and O–H groups in total.